The van der Waals surface area contributed by atoms with Crippen molar-refractivity contribution in [1.82, 2.24) is 4.90 Å². The number of benzene rings is 2. The van der Waals surface area contributed by atoms with Gasteiger partial charge in [-0.2, -0.15) is 0 Å². The number of carbonyl (C=O) groups excluding carboxylic acids is 1. The monoisotopic (exact) mass is 397 g/mol. The summed E-state index contributed by atoms with van der Waals surface area (Å²) in [6.07, 6.45) is 2.21. The van der Waals surface area contributed by atoms with Gasteiger partial charge in [0.2, 0.25) is 0 Å². The molecule has 1 aliphatic rings. The standard InChI is InChI=1S/C21H27N5O3/c1-13-11-16(29-15-7-9-26(2)10-8-15)4-5-17(13)24-21(28)25-18-12-14(20(22)23)3-6-19(18)27/h3-6,11-12,15,27H,7-10H2,1-2H3,(H3,22,23)(H2,24,25,28). The van der Waals surface area contributed by atoms with Crippen molar-refractivity contribution in [1.29, 1.82) is 5.41 Å². The SMILES string of the molecule is Cc1cc(OC2CCN(C)CC2)ccc1NC(=O)Nc1cc(C(=N)N)ccc1O. The third-order valence-corrected chi connectivity index (χ3v) is 4.97. The molecule has 8 heteroatoms. The van der Waals surface area contributed by atoms with Crippen LogP contribution in [0.1, 0.15) is 24.0 Å². The molecule has 2 amide bonds. The Balaban J connectivity index is 1.62. The van der Waals surface area contributed by atoms with E-state index in [0.29, 0.717) is 11.3 Å². The number of nitrogens with two attached hydrogens (primary N) is 1. The predicted molar refractivity (Wildman–Crippen MR) is 114 cm³/mol. The molecule has 0 radical (unpaired) electrons. The van der Waals surface area contributed by atoms with Gasteiger partial charge in [-0.05, 0) is 68.8 Å². The second-order valence-electron chi connectivity index (χ2n) is 7.32. The van der Waals surface area contributed by atoms with Crippen molar-refractivity contribution >= 4 is 23.2 Å². The maximum atomic E-state index is 12.3. The number of likely N-dealkylation sites (tertiary alicyclic amines) is 1. The van der Waals surface area contributed by atoms with E-state index < -0.39 is 6.03 Å². The summed E-state index contributed by atoms with van der Waals surface area (Å²) in [5.41, 5.74) is 7.54. The van der Waals surface area contributed by atoms with E-state index in [1.165, 1.54) is 18.2 Å². The lowest BCUT2D eigenvalue weighted by Crippen LogP contribution is -2.35. The van der Waals surface area contributed by atoms with E-state index in [0.717, 1.165) is 37.2 Å². The fraction of sp³-hybridized carbons (Fsp3) is 0.333. The number of amides is 2. The molecule has 1 heterocycles. The van der Waals surface area contributed by atoms with Gasteiger partial charge in [0, 0.05) is 24.3 Å². The minimum atomic E-state index is -0.506. The summed E-state index contributed by atoms with van der Waals surface area (Å²) in [4.78, 5) is 14.6. The van der Waals surface area contributed by atoms with Crippen molar-refractivity contribution in [3.8, 4) is 11.5 Å². The number of carbonyl (C=O) groups is 1. The van der Waals surface area contributed by atoms with Gasteiger partial charge in [0.25, 0.3) is 0 Å². The quantitative estimate of drug-likeness (QED) is 0.301. The minimum absolute atomic E-state index is 0.108. The summed E-state index contributed by atoms with van der Waals surface area (Å²) in [5.74, 6) is 0.531. The van der Waals surface area contributed by atoms with E-state index in [1.807, 2.05) is 19.1 Å². The normalized spacial score (nSPS) is 15.0. The van der Waals surface area contributed by atoms with Gasteiger partial charge in [-0.25, -0.2) is 4.79 Å². The molecule has 0 atom stereocenters. The second-order valence-corrected chi connectivity index (χ2v) is 7.32. The molecule has 0 saturated carbocycles. The Morgan fingerprint density at radius 1 is 1.17 bits per heavy atom. The summed E-state index contributed by atoms with van der Waals surface area (Å²) >= 11 is 0. The lowest BCUT2D eigenvalue weighted by atomic mass is 10.1. The van der Waals surface area contributed by atoms with E-state index in [4.69, 9.17) is 15.9 Å². The van der Waals surface area contributed by atoms with Gasteiger partial charge >= 0.3 is 6.03 Å². The maximum absolute atomic E-state index is 12.3. The summed E-state index contributed by atoms with van der Waals surface area (Å²) in [6.45, 7) is 3.95. The van der Waals surface area contributed by atoms with Crippen LogP contribution in [0.3, 0.4) is 0 Å². The number of rotatable bonds is 5. The number of aromatic hydroxyl groups is 1. The predicted octanol–water partition coefficient (Wildman–Crippen LogP) is 3.10. The molecule has 3 rings (SSSR count). The summed E-state index contributed by atoms with van der Waals surface area (Å²) in [7, 11) is 2.11. The van der Waals surface area contributed by atoms with Gasteiger partial charge in [0.15, 0.2) is 0 Å². The summed E-state index contributed by atoms with van der Waals surface area (Å²) in [5, 5.41) is 22.7. The van der Waals surface area contributed by atoms with Crippen molar-refractivity contribution in [2.75, 3.05) is 30.8 Å². The third-order valence-electron chi connectivity index (χ3n) is 4.97. The van der Waals surface area contributed by atoms with Crippen LogP contribution in [0.5, 0.6) is 11.5 Å². The minimum Gasteiger partial charge on any atom is -0.506 e. The molecule has 0 spiro atoms. The Hall–Kier alpha value is -3.26. The average Bonchev–Trinajstić information content (AvgIpc) is 2.67. The number of nitrogens with zero attached hydrogens (tertiary/aromatic N) is 1. The van der Waals surface area contributed by atoms with E-state index in [9.17, 15) is 9.90 Å². The van der Waals surface area contributed by atoms with Crippen molar-refractivity contribution in [3.63, 3.8) is 0 Å². The van der Waals surface area contributed by atoms with E-state index in [2.05, 4.69) is 22.6 Å². The molecule has 2 aromatic carbocycles. The van der Waals surface area contributed by atoms with Crippen molar-refractivity contribution in [2.45, 2.75) is 25.9 Å². The Kier molecular flexibility index (Phi) is 6.23. The molecule has 0 aliphatic carbocycles. The number of ether oxygens (including phenoxy) is 1. The number of piperidine rings is 1. The molecule has 1 fully saturated rings. The molecule has 8 nitrogen and oxygen atoms in total. The van der Waals surface area contributed by atoms with Crippen LogP contribution in [-0.2, 0) is 0 Å². The van der Waals surface area contributed by atoms with E-state index in [1.54, 1.807) is 6.07 Å². The number of nitrogen functional groups attached to an aromatic ring is 1. The average molecular weight is 397 g/mol. The smallest absolute Gasteiger partial charge is 0.323 e. The molecule has 154 valence electrons. The molecule has 1 saturated heterocycles. The zero-order valence-electron chi connectivity index (χ0n) is 16.7. The largest absolute Gasteiger partial charge is 0.506 e. The number of hydrogen-bond acceptors (Lipinski definition) is 5. The van der Waals surface area contributed by atoms with Gasteiger partial charge < -0.3 is 31.1 Å². The number of amidine groups is 1. The van der Waals surface area contributed by atoms with Gasteiger partial charge in [-0.15, -0.1) is 0 Å². The lowest BCUT2D eigenvalue weighted by molar-refractivity contribution is 0.114. The van der Waals surface area contributed by atoms with Gasteiger partial charge in [-0.1, -0.05) is 0 Å². The zero-order valence-corrected chi connectivity index (χ0v) is 16.7. The molecule has 0 bridgehead atoms. The van der Waals surface area contributed by atoms with Crippen LogP contribution in [0.25, 0.3) is 0 Å². The molecule has 2 aromatic rings. The molecular formula is C21H27N5O3. The van der Waals surface area contributed by atoms with Crippen LogP contribution >= 0.6 is 0 Å². The maximum Gasteiger partial charge on any atom is 0.323 e. The van der Waals surface area contributed by atoms with Crippen LogP contribution in [0.2, 0.25) is 0 Å². The van der Waals surface area contributed by atoms with Crippen molar-refractivity contribution in [3.05, 3.63) is 47.5 Å². The van der Waals surface area contributed by atoms with Crippen LogP contribution in [-0.4, -0.2) is 48.1 Å². The molecule has 0 aromatic heterocycles. The highest BCUT2D eigenvalue weighted by atomic mass is 16.5. The van der Waals surface area contributed by atoms with Crippen molar-refractivity contribution in [2.24, 2.45) is 5.73 Å². The number of hydrogen-bond donors (Lipinski definition) is 5. The number of anilines is 2. The van der Waals surface area contributed by atoms with Crippen LogP contribution in [0.4, 0.5) is 16.2 Å². The first-order valence-corrected chi connectivity index (χ1v) is 9.53. The van der Waals surface area contributed by atoms with Gasteiger partial charge in [-0.3, -0.25) is 5.41 Å². The second kappa shape index (κ2) is 8.83. The first-order chi connectivity index (χ1) is 13.8. The Morgan fingerprint density at radius 2 is 1.86 bits per heavy atom. The highest BCUT2D eigenvalue weighted by molar-refractivity contribution is 6.03. The number of phenolic OH excluding ortho intramolecular Hbond substituents is 1. The third kappa shape index (κ3) is 5.39. The van der Waals surface area contributed by atoms with Gasteiger partial charge in [0.05, 0.1) is 5.69 Å². The van der Waals surface area contributed by atoms with E-state index >= 15 is 0 Å². The van der Waals surface area contributed by atoms with E-state index in [-0.39, 0.29) is 23.4 Å². The highest BCUT2D eigenvalue weighted by Crippen LogP contribution is 2.26. The summed E-state index contributed by atoms with van der Waals surface area (Å²) in [6, 6.07) is 9.37. The fourth-order valence-corrected chi connectivity index (χ4v) is 3.22. The van der Waals surface area contributed by atoms with Crippen LogP contribution in [0, 0.1) is 12.3 Å². The zero-order chi connectivity index (χ0) is 21.0. The topological polar surface area (TPSA) is 124 Å². The molecular weight excluding hydrogens is 370 g/mol. The first kappa shape index (κ1) is 20.5. The number of nitrogens with one attached hydrogen (secondary N) is 3. The first-order valence-electron chi connectivity index (χ1n) is 9.53. The van der Waals surface area contributed by atoms with Crippen molar-refractivity contribution < 1.29 is 14.6 Å². The Labute approximate surface area is 170 Å². The van der Waals surface area contributed by atoms with Crippen LogP contribution < -0.4 is 21.1 Å². The number of urea groups is 1. The molecule has 29 heavy (non-hydrogen) atoms. The van der Waals surface area contributed by atoms with Gasteiger partial charge in [0.1, 0.15) is 23.4 Å². The van der Waals surface area contributed by atoms with Crippen LogP contribution in [0.15, 0.2) is 36.4 Å². The lowest BCUT2D eigenvalue weighted by Gasteiger charge is -2.29. The number of phenols is 1. The Bertz CT molecular complexity index is 907. The number of aryl methyl sites for hydroxylation is 1. The summed E-state index contributed by atoms with van der Waals surface area (Å²) < 4.78 is 6.07. The molecule has 0 unspecified atom stereocenters. The highest BCUT2D eigenvalue weighted by Gasteiger charge is 2.18. The molecule has 1 aliphatic heterocycles. The Morgan fingerprint density at radius 3 is 2.52 bits per heavy atom. The fourth-order valence-electron chi connectivity index (χ4n) is 3.22. The molecule has 6 N–H and O–H groups in total.